The van der Waals surface area contributed by atoms with Crippen LogP contribution in [0.2, 0.25) is 0 Å². The van der Waals surface area contributed by atoms with E-state index in [-0.39, 0.29) is 17.7 Å². The molecule has 2 heterocycles. The SMILES string of the molecule is Nc1nc(N)nc(CSc2nnc(-c3ccccc3)n2-c2ccc(F)cc2)n1. The molecule has 4 aromatic rings. The Balaban J connectivity index is 1.72. The minimum atomic E-state index is -0.316. The first-order valence-electron chi connectivity index (χ1n) is 8.25. The van der Waals surface area contributed by atoms with Crippen LogP contribution in [0.4, 0.5) is 16.3 Å². The highest BCUT2D eigenvalue weighted by atomic mass is 32.2. The predicted octanol–water partition coefficient (Wildman–Crippen LogP) is 2.72. The van der Waals surface area contributed by atoms with Crippen molar-refractivity contribution in [3.05, 3.63) is 66.2 Å². The number of hydrogen-bond donors (Lipinski definition) is 2. The van der Waals surface area contributed by atoms with Gasteiger partial charge in [-0.3, -0.25) is 4.57 Å². The van der Waals surface area contributed by atoms with Gasteiger partial charge in [-0.1, -0.05) is 42.1 Å². The van der Waals surface area contributed by atoms with E-state index in [1.165, 1.54) is 23.9 Å². The summed E-state index contributed by atoms with van der Waals surface area (Å²) in [5.41, 5.74) is 12.9. The summed E-state index contributed by atoms with van der Waals surface area (Å²) in [4.78, 5) is 11.9. The van der Waals surface area contributed by atoms with E-state index in [1.807, 2.05) is 34.9 Å². The molecule has 2 aromatic carbocycles. The predicted molar refractivity (Wildman–Crippen MR) is 105 cm³/mol. The molecular weight excluding hydrogens is 379 g/mol. The van der Waals surface area contributed by atoms with E-state index >= 15 is 0 Å². The molecule has 0 aliphatic carbocycles. The fourth-order valence-corrected chi connectivity index (χ4v) is 3.42. The molecule has 0 amide bonds. The molecule has 0 bridgehead atoms. The first-order valence-corrected chi connectivity index (χ1v) is 9.24. The molecule has 0 spiro atoms. The number of nitrogen functional groups attached to an aromatic ring is 2. The molecule has 4 N–H and O–H groups in total. The van der Waals surface area contributed by atoms with Gasteiger partial charge in [0.05, 0.1) is 5.75 Å². The lowest BCUT2D eigenvalue weighted by atomic mass is 10.2. The Labute approximate surface area is 163 Å². The van der Waals surface area contributed by atoms with Gasteiger partial charge < -0.3 is 11.5 Å². The molecule has 0 saturated carbocycles. The van der Waals surface area contributed by atoms with E-state index < -0.39 is 0 Å². The van der Waals surface area contributed by atoms with E-state index in [2.05, 4.69) is 25.1 Å². The summed E-state index contributed by atoms with van der Waals surface area (Å²) in [5.74, 6) is 1.25. The fourth-order valence-electron chi connectivity index (χ4n) is 2.61. The van der Waals surface area contributed by atoms with Crippen LogP contribution in [0.15, 0.2) is 59.8 Å². The molecule has 0 aliphatic heterocycles. The Kier molecular flexibility index (Phi) is 4.85. The molecule has 4 rings (SSSR count). The van der Waals surface area contributed by atoms with E-state index in [0.717, 1.165) is 11.3 Å². The fraction of sp³-hybridized carbons (Fsp3) is 0.0556. The smallest absolute Gasteiger partial charge is 0.225 e. The summed E-state index contributed by atoms with van der Waals surface area (Å²) in [5, 5.41) is 9.23. The van der Waals surface area contributed by atoms with E-state index in [0.29, 0.717) is 22.6 Å². The van der Waals surface area contributed by atoms with Crippen molar-refractivity contribution in [3.8, 4) is 17.1 Å². The van der Waals surface area contributed by atoms with Gasteiger partial charge in [0.2, 0.25) is 11.9 Å². The van der Waals surface area contributed by atoms with Crippen molar-refractivity contribution in [3.63, 3.8) is 0 Å². The molecule has 28 heavy (non-hydrogen) atoms. The average molecular weight is 394 g/mol. The number of benzene rings is 2. The number of hydrogen-bond acceptors (Lipinski definition) is 8. The highest BCUT2D eigenvalue weighted by molar-refractivity contribution is 7.98. The van der Waals surface area contributed by atoms with E-state index in [9.17, 15) is 4.39 Å². The van der Waals surface area contributed by atoms with Crippen molar-refractivity contribution in [1.29, 1.82) is 0 Å². The first kappa shape index (κ1) is 17.9. The number of nitrogens with two attached hydrogens (primary N) is 2. The zero-order chi connectivity index (χ0) is 19.5. The third kappa shape index (κ3) is 3.76. The Morgan fingerprint density at radius 3 is 2.21 bits per heavy atom. The molecule has 0 saturated heterocycles. The van der Waals surface area contributed by atoms with Crippen LogP contribution < -0.4 is 11.5 Å². The summed E-state index contributed by atoms with van der Waals surface area (Å²) in [7, 11) is 0. The van der Waals surface area contributed by atoms with Gasteiger partial charge in [-0.25, -0.2) is 4.39 Å². The second-order valence-electron chi connectivity index (χ2n) is 5.74. The minimum absolute atomic E-state index is 0.0630. The summed E-state index contributed by atoms with van der Waals surface area (Å²) in [6.07, 6.45) is 0. The second kappa shape index (κ2) is 7.61. The molecule has 0 aliphatic rings. The third-order valence-electron chi connectivity index (χ3n) is 3.80. The Morgan fingerprint density at radius 1 is 0.857 bits per heavy atom. The van der Waals surface area contributed by atoms with Crippen molar-refractivity contribution in [2.75, 3.05) is 11.5 Å². The van der Waals surface area contributed by atoms with Gasteiger partial charge in [-0.05, 0) is 24.3 Å². The van der Waals surface area contributed by atoms with Gasteiger partial charge >= 0.3 is 0 Å². The molecular formula is C18H15FN8S. The van der Waals surface area contributed by atoms with Gasteiger partial charge in [-0.2, -0.15) is 15.0 Å². The molecule has 8 nitrogen and oxygen atoms in total. The zero-order valence-corrected chi connectivity index (χ0v) is 15.3. The van der Waals surface area contributed by atoms with Gasteiger partial charge in [0.25, 0.3) is 0 Å². The van der Waals surface area contributed by atoms with Gasteiger partial charge in [0, 0.05) is 11.3 Å². The first-order chi connectivity index (χ1) is 13.6. The molecule has 2 aromatic heterocycles. The third-order valence-corrected chi connectivity index (χ3v) is 4.72. The van der Waals surface area contributed by atoms with Crippen LogP contribution in [-0.2, 0) is 5.75 Å². The topological polar surface area (TPSA) is 121 Å². The Morgan fingerprint density at radius 2 is 1.54 bits per heavy atom. The maximum Gasteiger partial charge on any atom is 0.225 e. The molecule has 0 radical (unpaired) electrons. The maximum absolute atomic E-state index is 13.4. The standard InChI is InChI=1S/C18H15FN8S/c19-12-6-8-13(9-7-12)27-15(11-4-2-1-3-5-11)25-26-18(27)28-10-14-22-16(20)24-17(21)23-14/h1-9H,10H2,(H4,20,21,22,23,24). The average Bonchev–Trinajstić information content (AvgIpc) is 3.11. The number of halogens is 1. The summed E-state index contributed by atoms with van der Waals surface area (Å²) in [6, 6.07) is 15.8. The summed E-state index contributed by atoms with van der Waals surface area (Å²) >= 11 is 1.36. The number of rotatable bonds is 5. The van der Waals surface area contributed by atoms with Crippen LogP contribution in [0.25, 0.3) is 17.1 Å². The summed E-state index contributed by atoms with van der Waals surface area (Å²) < 4.78 is 15.3. The minimum Gasteiger partial charge on any atom is -0.368 e. The number of aromatic nitrogens is 6. The van der Waals surface area contributed by atoms with Crippen LogP contribution in [0.3, 0.4) is 0 Å². The monoisotopic (exact) mass is 394 g/mol. The van der Waals surface area contributed by atoms with Crippen LogP contribution in [-0.4, -0.2) is 29.7 Å². The number of anilines is 2. The lowest BCUT2D eigenvalue weighted by molar-refractivity contribution is 0.627. The van der Waals surface area contributed by atoms with Crippen molar-refractivity contribution >= 4 is 23.7 Å². The van der Waals surface area contributed by atoms with Crippen molar-refractivity contribution in [2.45, 2.75) is 10.9 Å². The van der Waals surface area contributed by atoms with Crippen LogP contribution in [0.5, 0.6) is 0 Å². The maximum atomic E-state index is 13.4. The number of thioether (sulfide) groups is 1. The van der Waals surface area contributed by atoms with Crippen molar-refractivity contribution in [2.24, 2.45) is 0 Å². The lowest BCUT2D eigenvalue weighted by Gasteiger charge is -2.10. The zero-order valence-electron chi connectivity index (χ0n) is 14.5. The normalized spacial score (nSPS) is 10.9. The lowest BCUT2D eigenvalue weighted by Crippen LogP contribution is -2.06. The molecule has 0 atom stereocenters. The Bertz CT molecular complexity index is 1080. The van der Waals surface area contributed by atoms with Gasteiger partial charge in [-0.15, -0.1) is 10.2 Å². The van der Waals surface area contributed by atoms with E-state index in [4.69, 9.17) is 11.5 Å². The van der Waals surface area contributed by atoms with Crippen molar-refractivity contribution in [1.82, 2.24) is 29.7 Å². The van der Waals surface area contributed by atoms with Gasteiger partial charge in [0.1, 0.15) is 11.6 Å². The highest BCUT2D eigenvalue weighted by Gasteiger charge is 2.17. The largest absolute Gasteiger partial charge is 0.368 e. The molecule has 140 valence electrons. The van der Waals surface area contributed by atoms with Crippen LogP contribution >= 0.6 is 11.8 Å². The van der Waals surface area contributed by atoms with E-state index in [1.54, 1.807) is 12.1 Å². The van der Waals surface area contributed by atoms with Gasteiger partial charge in [0.15, 0.2) is 11.0 Å². The highest BCUT2D eigenvalue weighted by Crippen LogP contribution is 2.29. The number of nitrogens with zero attached hydrogens (tertiary/aromatic N) is 6. The molecule has 10 heteroatoms. The van der Waals surface area contributed by atoms with Crippen molar-refractivity contribution < 1.29 is 4.39 Å². The summed E-state index contributed by atoms with van der Waals surface area (Å²) in [6.45, 7) is 0. The second-order valence-corrected chi connectivity index (χ2v) is 6.68. The molecule has 0 unspecified atom stereocenters. The van der Waals surface area contributed by atoms with Crippen LogP contribution in [0.1, 0.15) is 5.82 Å². The molecule has 0 fully saturated rings. The quantitative estimate of drug-likeness (QED) is 0.496. The Hall–Kier alpha value is -3.53. The van der Waals surface area contributed by atoms with Crippen LogP contribution in [0, 0.1) is 5.82 Å².